The monoisotopic (exact) mass is 317 g/mol. The van der Waals surface area contributed by atoms with Crippen molar-refractivity contribution in [3.63, 3.8) is 0 Å². The summed E-state index contributed by atoms with van der Waals surface area (Å²) < 4.78 is 24.4. The summed E-state index contributed by atoms with van der Waals surface area (Å²) >= 11 is 0. The molecule has 0 saturated carbocycles. The molecule has 0 unspecified atom stereocenters. The van der Waals surface area contributed by atoms with Crippen molar-refractivity contribution in [2.45, 2.75) is 13.5 Å². The van der Waals surface area contributed by atoms with Crippen molar-refractivity contribution in [1.82, 2.24) is 4.90 Å². The van der Waals surface area contributed by atoms with E-state index in [0.29, 0.717) is 29.2 Å². The van der Waals surface area contributed by atoms with Gasteiger partial charge in [0.1, 0.15) is 5.82 Å². The fraction of sp³-hybridized carbons (Fsp3) is 0.278. The van der Waals surface area contributed by atoms with Gasteiger partial charge in [-0.05, 0) is 31.2 Å². The van der Waals surface area contributed by atoms with Gasteiger partial charge in [-0.3, -0.25) is 4.79 Å². The smallest absolute Gasteiger partial charge is 0.254 e. The molecule has 0 heterocycles. The fourth-order valence-corrected chi connectivity index (χ4v) is 2.25. The molecule has 0 N–H and O–H groups in total. The number of ether oxygens (including phenoxy) is 2. The summed E-state index contributed by atoms with van der Waals surface area (Å²) in [5, 5.41) is 0. The molecule has 0 aliphatic carbocycles. The number of halogens is 1. The molecule has 1 amide bonds. The van der Waals surface area contributed by atoms with Gasteiger partial charge in [0, 0.05) is 24.7 Å². The van der Waals surface area contributed by atoms with Gasteiger partial charge in [-0.15, -0.1) is 0 Å². The zero-order chi connectivity index (χ0) is 16.8. The van der Waals surface area contributed by atoms with E-state index in [4.69, 9.17) is 9.47 Å². The summed E-state index contributed by atoms with van der Waals surface area (Å²) in [6.45, 7) is 2.58. The zero-order valence-electron chi connectivity index (χ0n) is 13.5. The lowest BCUT2D eigenvalue weighted by Gasteiger charge is -2.18. The largest absolute Gasteiger partial charge is 0.493 e. The number of hydrogen-bond donors (Lipinski definition) is 0. The zero-order valence-corrected chi connectivity index (χ0v) is 13.5. The Labute approximate surface area is 135 Å². The predicted molar refractivity (Wildman–Crippen MR) is 86.4 cm³/mol. The third kappa shape index (κ3) is 4.00. The molecule has 0 fully saturated rings. The molecule has 0 bridgehead atoms. The van der Waals surface area contributed by atoms with Crippen LogP contribution in [0.2, 0.25) is 0 Å². The van der Waals surface area contributed by atoms with Crippen LogP contribution >= 0.6 is 0 Å². The average molecular weight is 317 g/mol. The molecule has 0 aliphatic heterocycles. The van der Waals surface area contributed by atoms with E-state index in [1.165, 1.54) is 18.1 Å². The van der Waals surface area contributed by atoms with Crippen LogP contribution in [0.5, 0.6) is 11.5 Å². The van der Waals surface area contributed by atoms with Gasteiger partial charge in [-0.2, -0.15) is 0 Å². The maximum Gasteiger partial charge on any atom is 0.254 e. The normalized spacial score (nSPS) is 10.3. The summed E-state index contributed by atoms with van der Waals surface area (Å²) in [5.41, 5.74) is 0.936. The number of methoxy groups -OCH3 is 1. The standard InChI is InChI=1S/C18H20FNO3/c1-4-23-16-10-9-13(11-17(16)22-3)18(21)20(2)12-14-7-5-6-8-15(14)19/h5-11H,4,12H2,1-3H3. The lowest BCUT2D eigenvalue weighted by molar-refractivity contribution is 0.0783. The maximum absolute atomic E-state index is 13.7. The second-order valence-corrected chi connectivity index (χ2v) is 5.05. The van der Waals surface area contributed by atoms with E-state index in [9.17, 15) is 9.18 Å². The topological polar surface area (TPSA) is 38.8 Å². The Morgan fingerprint density at radius 1 is 1.17 bits per heavy atom. The van der Waals surface area contributed by atoms with Gasteiger partial charge in [-0.1, -0.05) is 18.2 Å². The first-order valence-corrected chi connectivity index (χ1v) is 7.36. The molecule has 2 rings (SSSR count). The highest BCUT2D eigenvalue weighted by Gasteiger charge is 2.16. The van der Waals surface area contributed by atoms with Crippen molar-refractivity contribution >= 4 is 5.91 Å². The van der Waals surface area contributed by atoms with E-state index < -0.39 is 0 Å². The van der Waals surface area contributed by atoms with Crippen molar-refractivity contribution in [3.8, 4) is 11.5 Å². The van der Waals surface area contributed by atoms with Crippen LogP contribution in [0.25, 0.3) is 0 Å². The molecule has 122 valence electrons. The lowest BCUT2D eigenvalue weighted by Crippen LogP contribution is -2.26. The van der Waals surface area contributed by atoms with Gasteiger partial charge < -0.3 is 14.4 Å². The highest BCUT2D eigenvalue weighted by atomic mass is 19.1. The van der Waals surface area contributed by atoms with E-state index in [2.05, 4.69) is 0 Å². The van der Waals surface area contributed by atoms with Crippen LogP contribution < -0.4 is 9.47 Å². The summed E-state index contributed by atoms with van der Waals surface area (Å²) in [6, 6.07) is 11.4. The highest BCUT2D eigenvalue weighted by Crippen LogP contribution is 2.28. The van der Waals surface area contributed by atoms with Crippen LogP contribution in [0.3, 0.4) is 0 Å². The predicted octanol–water partition coefficient (Wildman–Crippen LogP) is 3.51. The molecule has 0 saturated heterocycles. The fourth-order valence-electron chi connectivity index (χ4n) is 2.25. The van der Waals surface area contributed by atoms with Gasteiger partial charge in [0.2, 0.25) is 0 Å². The van der Waals surface area contributed by atoms with E-state index >= 15 is 0 Å². The second kappa shape index (κ2) is 7.63. The summed E-state index contributed by atoms with van der Waals surface area (Å²) in [6.07, 6.45) is 0. The highest BCUT2D eigenvalue weighted by molar-refractivity contribution is 5.94. The first-order chi connectivity index (χ1) is 11.1. The molecule has 23 heavy (non-hydrogen) atoms. The van der Waals surface area contributed by atoms with Crippen LogP contribution in [0.15, 0.2) is 42.5 Å². The Morgan fingerprint density at radius 2 is 1.91 bits per heavy atom. The molecule has 2 aromatic rings. The molecule has 0 radical (unpaired) electrons. The minimum atomic E-state index is -0.323. The lowest BCUT2D eigenvalue weighted by atomic mass is 10.1. The SMILES string of the molecule is CCOc1ccc(C(=O)N(C)Cc2ccccc2F)cc1OC. The number of rotatable bonds is 6. The van der Waals surface area contributed by atoms with E-state index in [1.54, 1.807) is 43.4 Å². The number of amides is 1. The third-order valence-corrected chi connectivity index (χ3v) is 3.42. The number of benzene rings is 2. The number of carbonyl (C=O) groups excluding carboxylic acids is 1. The Kier molecular flexibility index (Phi) is 5.57. The quantitative estimate of drug-likeness (QED) is 0.818. The first kappa shape index (κ1) is 16.8. The van der Waals surface area contributed by atoms with Crippen molar-refractivity contribution in [2.75, 3.05) is 20.8 Å². The van der Waals surface area contributed by atoms with Crippen molar-refractivity contribution in [2.24, 2.45) is 0 Å². The van der Waals surface area contributed by atoms with Crippen molar-refractivity contribution in [1.29, 1.82) is 0 Å². The number of nitrogens with zero attached hydrogens (tertiary/aromatic N) is 1. The van der Waals surface area contributed by atoms with Crippen molar-refractivity contribution < 1.29 is 18.7 Å². The molecule has 0 aromatic heterocycles. The Hall–Kier alpha value is -2.56. The molecule has 0 spiro atoms. The first-order valence-electron chi connectivity index (χ1n) is 7.36. The maximum atomic E-state index is 13.7. The van der Waals surface area contributed by atoms with E-state index in [-0.39, 0.29) is 18.3 Å². The minimum Gasteiger partial charge on any atom is -0.493 e. The van der Waals surface area contributed by atoms with Crippen LogP contribution in [0.4, 0.5) is 4.39 Å². The second-order valence-electron chi connectivity index (χ2n) is 5.05. The summed E-state index contributed by atoms with van der Waals surface area (Å²) in [4.78, 5) is 14.0. The summed E-state index contributed by atoms with van der Waals surface area (Å²) in [7, 11) is 3.16. The molecular formula is C18H20FNO3. The molecular weight excluding hydrogens is 297 g/mol. The van der Waals surface area contributed by atoms with Gasteiger partial charge in [0.05, 0.1) is 13.7 Å². The van der Waals surface area contributed by atoms with Gasteiger partial charge in [0.15, 0.2) is 11.5 Å². The molecule has 4 nitrogen and oxygen atoms in total. The Balaban J connectivity index is 2.17. The molecule has 2 aromatic carbocycles. The van der Waals surface area contributed by atoms with Crippen LogP contribution in [0, 0.1) is 5.82 Å². The Bertz CT molecular complexity index is 688. The number of carbonyl (C=O) groups is 1. The summed E-state index contributed by atoms with van der Waals surface area (Å²) in [5.74, 6) is 0.548. The average Bonchev–Trinajstić information content (AvgIpc) is 2.56. The Morgan fingerprint density at radius 3 is 2.57 bits per heavy atom. The molecule has 5 heteroatoms. The van der Waals surface area contributed by atoms with Crippen molar-refractivity contribution in [3.05, 3.63) is 59.4 Å². The van der Waals surface area contributed by atoms with E-state index in [0.717, 1.165) is 0 Å². The van der Waals surface area contributed by atoms with Gasteiger partial charge >= 0.3 is 0 Å². The number of hydrogen-bond acceptors (Lipinski definition) is 3. The van der Waals surface area contributed by atoms with Gasteiger partial charge in [0.25, 0.3) is 5.91 Å². The third-order valence-electron chi connectivity index (χ3n) is 3.42. The van der Waals surface area contributed by atoms with Crippen LogP contribution in [0.1, 0.15) is 22.8 Å². The van der Waals surface area contributed by atoms with Crippen LogP contribution in [-0.4, -0.2) is 31.6 Å². The minimum absolute atomic E-state index is 0.195. The van der Waals surface area contributed by atoms with E-state index in [1.807, 2.05) is 6.92 Å². The molecule has 0 aliphatic rings. The van der Waals surface area contributed by atoms with Crippen LogP contribution in [-0.2, 0) is 6.54 Å². The molecule has 0 atom stereocenters. The van der Waals surface area contributed by atoms with Gasteiger partial charge in [-0.25, -0.2) is 4.39 Å².